The Labute approximate surface area is 154 Å². The molecule has 0 radical (unpaired) electrons. The summed E-state index contributed by atoms with van der Waals surface area (Å²) in [7, 11) is 1.70. The Balaban J connectivity index is 1.93. The van der Waals surface area contributed by atoms with Gasteiger partial charge in [-0.05, 0) is 49.1 Å². The molecule has 0 bridgehead atoms. The first-order valence-electron chi connectivity index (χ1n) is 8.71. The molecule has 1 aromatic carbocycles. The molecule has 0 aliphatic rings. The molecule has 0 spiro atoms. The van der Waals surface area contributed by atoms with Crippen LogP contribution in [0.2, 0.25) is 0 Å². The third kappa shape index (κ3) is 3.69. The monoisotopic (exact) mass is 354 g/mol. The van der Waals surface area contributed by atoms with E-state index in [1.165, 1.54) is 27.7 Å². The fourth-order valence-corrected chi connectivity index (χ4v) is 4.12. The van der Waals surface area contributed by atoms with Gasteiger partial charge in [0.1, 0.15) is 10.8 Å². The van der Waals surface area contributed by atoms with Crippen LogP contribution >= 0.6 is 11.8 Å². The maximum Gasteiger partial charge on any atom is 0.121 e. The van der Waals surface area contributed by atoms with Gasteiger partial charge >= 0.3 is 0 Å². The molecule has 3 aromatic rings. The number of fused-ring (bicyclic) bond motifs is 1. The summed E-state index contributed by atoms with van der Waals surface area (Å²) in [6, 6.07) is 10.4. The summed E-state index contributed by atoms with van der Waals surface area (Å²) in [5.41, 5.74) is 5.28. The normalized spacial score (nSPS) is 11.4. The second-order valence-electron chi connectivity index (χ2n) is 6.86. The number of nitrogens with zero attached hydrogens (tertiary/aromatic N) is 2. The van der Waals surface area contributed by atoms with Crippen LogP contribution in [0, 0.1) is 19.8 Å². The zero-order valence-electron chi connectivity index (χ0n) is 15.7. The van der Waals surface area contributed by atoms with E-state index in [0.717, 1.165) is 23.1 Å². The summed E-state index contributed by atoms with van der Waals surface area (Å²) >= 11 is 1.81. The van der Waals surface area contributed by atoms with Gasteiger partial charge < -0.3 is 9.30 Å². The third-order valence-corrected chi connectivity index (χ3v) is 5.64. The molecule has 3 nitrogen and oxygen atoms in total. The Hall–Kier alpha value is -1.94. The second-order valence-corrected chi connectivity index (χ2v) is 7.83. The Kier molecular flexibility index (Phi) is 5.38. The molecule has 25 heavy (non-hydrogen) atoms. The highest BCUT2D eigenvalue weighted by atomic mass is 32.2. The van der Waals surface area contributed by atoms with E-state index in [4.69, 9.17) is 9.72 Å². The summed E-state index contributed by atoms with van der Waals surface area (Å²) in [4.78, 5) is 4.70. The van der Waals surface area contributed by atoms with E-state index in [0.29, 0.717) is 5.92 Å². The van der Waals surface area contributed by atoms with E-state index < -0.39 is 0 Å². The number of benzene rings is 1. The topological polar surface area (TPSA) is 27.1 Å². The summed E-state index contributed by atoms with van der Waals surface area (Å²) in [5.74, 6) is 2.40. The van der Waals surface area contributed by atoms with Gasteiger partial charge in [-0.25, -0.2) is 4.98 Å². The van der Waals surface area contributed by atoms with Crippen LogP contribution in [0.4, 0.5) is 0 Å². The standard InChI is InChI=1S/C21H26N2OS/c1-14(2)12-23-16(4)15(3)19-10-11-22-21(20(19)23)25-13-17-6-8-18(24-5)9-7-17/h6-11,14H,12-13H2,1-5H3. The minimum Gasteiger partial charge on any atom is -0.497 e. The number of ether oxygens (including phenoxy) is 1. The number of pyridine rings is 1. The number of thioether (sulfide) groups is 1. The van der Waals surface area contributed by atoms with E-state index in [1.54, 1.807) is 18.9 Å². The first-order valence-corrected chi connectivity index (χ1v) is 9.70. The molecule has 0 aliphatic heterocycles. The Bertz CT molecular complexity index is 866. The van der Waals surface area contributed by atoms with Crippen LogP contribution in [0.5, 0.6) is 5.75 Å². The number of rotatable bonds is 6. The molecule has 0 amide bonds. The Morgan fingerprint density at radius 1 is 1.12 bits per heavy atom. The van der Waals surface area contributed by atoms with Gasteiger partial charge in [0.05, 0.1) is 12.6 Å². The predicted molar refractivity (Wildman–Crippen MR) is 107 cm³/mol. The van der Waals surface area contributed by atoms with Crippen LogP contribution in [0.15, 0.2) is 41.6 Å². The fourth-order valence-electron chi connectivity index (χ4n) is 3.14. The van der Waals surface area contributed by atoms with Gasteiger partial charge in [0.25, 0.3) is 0 Å². The molecule has 0 fully saturated rings. The van der Waals surface area contributed by atoms with E-state index in [-0.39, 0.29) is 0 Å². The number of aromatic nitrogens is 2. The summed E-state index contributed by atoms with van der Waals surface area (Å²) in [6.07, 6.45) is 1.94. The second kappa shape index (κ2) is 7.52. The van der Waals surface area contributed by atoms with Crippen LogP contribution in [-0.4, -0.2) is 16.7 Å². The number of hydrogen-bond donors (Lipinski definition) is 0. The highest BCUT2D eigenvalue weighted by Crippen LogP contribution is 2.34. The lowest BCUT2D eigenvalue weighted by atomic mass is 10.2. The minimum atomic E-state index is 0.605. The minimum absolute atomic E-state index is 0.605. The van der Waals surface area contributed by atoms with Gasteiger partial charge in [-0.2, -0.15) is 0 Å². The van der Waals surface area contributed by atoms with Gasteiger partial charge in [-0.15, -0.1) is 0 Å². The van der Waals surface area contributed by atoms with Crippen LogP contribution in [-0.2, 0) is 12.3 Å². The molecule has 3 rings (SSSR count). The highest BCUT2D eigenvalue weighted by molar-refractivity contribution is 7.98. The SMILES string of the molecule is COc1ccc(CSc2nccc3c(C)c(C)n(CC(C)C)c23)cc1. The molecule has 4 heteroatoms. The average Bonchev–Trinajstić information content (AvgIpc) is 2.85. The molecule has 0 saturated carbocycles. The molecule has 0 unspecified atom stereocenters. The first kappa shape index (κ1) is 17.9. The van der Waals surface area contributed by atoms with Crippen LogP contribution in [0.25, 0.3) is 10.9 Å². The molecule has 2 heterocycles. The number of methoxy groups -OCH3 is 1. The summed E-state index contributed by atoms with van der Waals surface area (Å²) in [6.45, 7) is 9.99. The average molecular weight is 355 g/mol. The summed E-state index contributed by atoms with van der Waals surface area (Å²) in [5, 5.41) is 2.44. The van der Waals surface area contributed by atoms with Gasteiger partial charge in [-0.1, -0.05) is 37.7 Å². The zero-order valence-corrected chi connectivity index (χ0v) is 16.5. The van der Waals surface area contributed by atoms with Crippen LogP contribution < -0.4 is 4.74 Å². The lowest BCUT2D eigenvalue weighted by Crippen LogP contribution is -2.07. The largest absolute Gasteiger partial charge is 0.497 e. The molecule has 0 N–H and O–H groups in total. The van der Waals surface area contributed by atoms with Crippen molar-refractivity contribution in [3.8, 4) is 5.75 Å². The van der Waals surface area contributed by atoms with Gasteiger partial charge in [0.2, 0.25) is 0 Å². The van der Waals surface area contributed by atoms with Crippen molar-refractivity contribution in [2.75, 3.05) is 7.11 Å². The van der Waals surface area contributed by atoms with Crippen molar-refractivity contribution in [2.45, 2.75) is 45.0 Å². The Morgan fingerprint density at radius 3 is 2.48 bits per heavy atom. The molecular weight excluding hydrogens is 328 g/mol. The van der Waals surface area contributed by atoms with Crippen LogP contribution in [0.3, 0.4) is 0 Å². The molecular formula is C21H26N2OS. The molecule has 0 aliphatic carbocycles. The molecule has 132 valence electrons. The maximum absolute atomic E-state index is 5.24. The predicted octanol–water partition coefficient (Wildman–Crippen LogP) is 5.61. The van der Waals surface area contributed by atoms with Gasteiger partial charge in [0, 0.05) is 29.6 Å². The molecule has 2 aromatic heterocycles. The smallest absolute Gasteiger partial charge is 0.121 e. The van der Waals surface area contributed by atoms with Crippen molar-refractivity contribution in [2.24, 2.45) is 5.92 Å². The third-order valence-electron chi connectivity index (χ3n) is 4.59. The lowest BCUT2D eigenvalue weighted by Gasteiger charge is -2.13. The maximum atomic E-state index is 5.24. The van der Waals surface area contributed by atoms with Crippen molar-refractivity contribution < 1.29 is 4.74 Å². The van der Waals surface area contributed by atoms with E-state index >= 15 is 0 Å². The van der Waals surface area contributed by atoms with Gasteiger partial charge in [-0.3, -0.25) is 0 Å². The highest BCUT2D eigenvalue weighted by Gasteiger charge is 2.16. The van der Waals surface area contributed by atoms with E-state index in [2.05, 4.69) is 50.5 Å². The van der Waals surface area contributed by atoms with E-state index in [9.17, 15) is 0 Å². The van der Waals surface area contributed by atoms with Gasteiger partial charge in [0.15, 0.2) is 0 Å². The van der Waals surface area contributed by atoms with Crippen molar-refractivity contribution in [1.29, 1.82) is 0 Å². The fraction of sp³-hybridized carbons (Fsp3) is 0.381. The number of hydrogen-bond acceptors (Lipinski definition) is 3. The van der Waals surface area contributed by atoms with Crippen molar-refractivity contribution in [3.63, 3.8) is 0 Å². The first-order chi connectivity index (χ1) is 12.0. The molecule has 0 saturated heterocycles. The van der Waals surface area contributed by atoms with E-state index in [1.807, 2.05) is 18.3 Å². The number of aryl methyl sites for hydroxylation is 1. The zero-order chi connectivity index (χ0) is 18.0. The van der Waals surface area contributed by atoms with Crippen molar-refractivity contribution >= 4 is 22.7 Å². The van der Waals surface area contributed by atoms with Crippen molar-refractivity contribution in [1.82, 2.24) is 9.55 Å². The molecule has 0 atom stereocenters. The lowest BCUT2D eigenvalue weighted by molar-refractivity contribution is 0.414. The summed E-state index contributed by atoms with van der Waals surface area (Å²) < 4.78 is 7.68. The quantitative estimate of drug-likeness (QED) is 0.538. The van der Waals surface area contributed by atoms with Crippen LogP contribution in [0.1, 0.15) is 30.7 Å². The Morgan fingerprint density at radius 2 is 1.84 bits per heavy atom. The van der Waals surface area contributed by atoms with Crippen molar-refractivity contribution in [3.05, 3.63) is 53.3 Å².